The third-order valence-corrected chi connectivity index (χ3v) is 10.3. The zero-order valence-electron chi connectivity index (χ0n) is 30.6. The molecule has 1 saturated carbocycles. The second kappa shape index (κ2) is 15.3. The van der Waals surface area contributed by atoms with Crippen molar-refractivity contribution in [3.8, 4) is 17.6 Å². The number of nitrogens with one attached hydrogen (secondary N) is 1. The van der Waals surface area contributed by atoms with Gasteiger partial charge >= 0.3 is 6.09 Å². The number of hydrogen-bond donors (Lipinski definition) is 2. The first-order valence-electron chi connectivity index (χ1n) is 18.2. The molecule has 5 aromatic rings. The number of anilines is 5. The van der Waals surface area contributed by atoms with E-state index in [4.69, 9.17) is 19.2 Å². The van der Waals surface area contributed by atoms with Crippen LogP contribution >= 0.6 is 0 Å². The molecule has 2 aromatic heterocycles. The number of methoxy groups -OCH3 is 2. The van der Waals surface area contributed by atoms with E-state index in [0.717, 1.165) is 29.7 Å². The predicted octanol–water partition coefficient (Wildman–Crippen LogP) is 5.27. The Morgan fingerprint density at radius 3 is 2.22 bits per heavy atom. The molecular weight excluding hydrogens is 707 g/mol. The molecule has 284 valence electrons. The van der Waals surface area contributed by atoms with Gasteiger partial charge in [-0.3, -0.25) is 9.80 Å². The van der Waals surface area contributed by atoms with Crippen LogP contribution in [0.4, 0.5) is 38.0 Å². The smallest absolute Gasteiger partial charge is 0.412 e. The van der Waals surface area contributed by atoms with Crippen LogP contribution < -0.4 is 29.5 Å². The Labute approximate surface area is 317 Å². The maximum absolute atomic E-state index is 16.9. The number of piperazine rings is 1. The highest BCUT2D eigenvalue weighted by Crippen LogP contribution is 2.38. The normalized spacial score (nSPS) is 16.0. The van der Waals surface area contributed by atoms with Gasteiger partial charge < -0.3 is 34.4 Å². The van der Waals surface area contributed by atoms with E-state index >= 15 is 4.39 Å². The van der Waals surface area contributed by atoms with Crippen molar-refractivity contribution in [3.63, 3.8) is 0 Å². The molecule has 55 heavy (non-hydrogen) atoms. The molecule has 2 N–H and O–H groups in total. The molecule has 15 nitrogen and oxygen atoms in total. The average molecular weight is 749 g/mol. The highest BCUT2D eigenvalue weighted by atomic mass is 19.1. The number of carbonyl (C=O) groups is 1. The van der Waals surface area contributed by atoms with Gasteiger partial charge in [-0.2, -0.15) is 14.8 Å². The molecule has 4 heterocycles. The van der Waals surface area contributed by atoms with Crippen LogP contribution in [0.3, 0.4) is 0 Å². The molecule has 1 aliphatic carbocycles. The van der Waals surface area contributed by atoms with E-state index < -0.39 is 11.9 Å². The summed E-state index contributed by atoms with van der Waals surface area (Å²) in [6.07, 6.45) is 2.13. The van der Waals surface area contributed by atoms with Crippen LogP contribution in [0.25, 0.3) is 5.65 Å². The largest absolute Gasteiger partial charge is 0.497 e. The maximum atomic E-state index is 16.9. The number of aromatic nitrogens is 4. The number of imidazole rings is 1. The molecule has 16 heteroatoms. The number of halogens is 1. The van der Waals surface area contributed by atoms with Gasteiger partial charge in [-0.05, 0) is 60.4 Å². The lowest BCUT2D eigenvalue weighted by Gasteiger charge is -2.43. The first-order valence-corrected chi connectivity index (χ1v) is 18.2. The highest BCUT2D eigenvalue weighted by Gasteiger charge is 2.34. The zero-order valence-corrected chi connectivity index (χ0v) is 30.6. The van der Waals surface area contributed by atoms with Crippen molar-refractivity contribution >= 4 is 40.6 Å². The Morgan fingerprint density at radius 1 is 1.00 bits per heavy atom. The molecule has 3 aliphatic rings. The van der Waals surface area contributed by atoms with E-state index in [2.05, 4.69) is 31.3 Å². The lowest BCUT2D eigenvalue weighted by molar-refractivity contribution is -0.0660. The number of amides is 1. The quantitative estimate of drug-likeness (QED) is 0.161. The second-order valence-corrected chi connectivity index (χ2v) is 13.8. The molecule has 0 unspecified atom stereocenters. The van der Waals surface area contributed by atoms with E-state index in [1.807, 2.05) is 29.2 Å². The number of nitriles is 1. The van der Waals surface area contributed by atoms with Gasteiger partial charge in [0.15, 0.2) is 23.0 Å². The molecule has 1 amide bonds. The van der Waals surface area contributed by atoms with Gasteiger partial charge in [0.05, 0.1) is 63.3 Å². The van der Waals surface area contributed by atoms with E-state index in [9.17, 15) is 15.2 Å². The van der Waals surface area contributed by atoms with E-state index in [1.165, 1.54) is 21.7 Å². The third kappa shape index (κ3) is 7.48. The van der Waals surface area contributed by atoms with Gasteiger partial charge in [0.1, 0.15) is 17.6 Å². The monoisotopic (exact) mass is 748 g/mol. The minimum absolute atomic E-state index is 0.00812. The fourth-order valence-corrected chi connectivity index (χ4v) is 7.02. The Kier molecular flexibility index (Phi) is 9.96. The summed E-state index contributed by atoms with van der Waals surface area (Å²) in [5.74, 6) is 1.32. The van der Waals surface area contributed by atoms with Gasteiger partial charge in [0, 0.05) is 38.8 Å². The number of carboxylic acid groups (broad SMARTS) is 1. The summed E-state index contributed by atoms with van der Waals surface area (Å²) in [5.41, 5.74) is 2.82. The molecule has 0 spiro atoms. The van der Waals surface area contributed by atoms with Crippen molar-refractivity contribution in [3.05, 3.63) is 89.5 Å². The Hall–Kier alpha value is -6.18. The first kappa shape index (κ1) is 35.8. The Bertz CT molecular complexity index is 2210. The SMILES string of the molecule is COc1ccc(CN(C(=O)O)c2cc(Nc3nc(N(Cc4ccc(OC)cc4)C4CC4)c4ncc(C#N)n4n3)c(F)c(N3CCN(C4COC4)CC3)c2)cc1. The first-order chi connectivity index (χ1) is 26.8. The molecular formula is C39H41FN10O5. The minimum Gasteiger partial charge on any atom is -0.497 e. The summed E-state index contributed by atoms with van der Waals surface area (Å²) in [7, 11) is 3.19. The van der Waals surface area contributed by atoms with Gasteiger partial charge in [0.25, 0.3) is 0 Å². The van der Waals surface area contributed by atoms with Crippen LogP contribution in [0.5, 0.6) is 11.5 Å². The van der Waals surface area contributed by atoms with Crippen molar-refractivity contribution in [2.24, 2.45) is 0 Å². The zero-order chi connectivity index (χ0) is 38.1. The molecule has 3 fully saturated rings. The summed E-state index contributed by atoms with van der Waals surface area (Å²) < 4.78 is 34.3. The van der Waals surface area contributed by atoms with Crippen molar-refractivity contribution in [1.82, 2.24) is 24.5 Å². The molecule has 0 atom stereocenters. The summed E-state index contributed by atoms with van der Waals surface area (Å²) in [6, 6.07) is 20.6. The van der Waals surface area contributed by atoms with Crippen LogP contribution in [0.2, 0.25) is 0 Å². The molecule has 2 aliphatic heterocycles. The van der Waals surface area contributed by atoms with Crippen molar-refractivity contribution < 1.29 is 28.5 Å². The predicted molar refractivity (Wildman–Crippen MR) is 203 cm³/mol. The number of hydrogen-bond acceptors (Lipinski definition) is 12. The molecule has 0 bridgehead atoms. The van der Waals surface area contributed by atoms with Gasteiger partial charge in [-0.1, -0.05) is 24.3 Å². The van der Waals surface area contributed by atoms with Crippen molar-refractivity contribution in [2.75, 3.05) is 73.6 Å². The fraction of sp³-hybridized carbons (Fsp3) is 0.359. The van der Waals surface area contributed by atoms with E-state index in [-0.39, 0.29) is 41.3 Å². The lowest BCUT2D eigenvalue weighted by atomic mass is 10.1. The highest BCUT2D eigenvalue weighted by molar-refractivity contribution is 5.89. The number of ether oxygens (including phenoxy) is 3. The second-order valence-electron chi connectivity index (χ2n) is 13.8. The van der Waals surface area contributed by atoms with Gasteiger partial charge in [0.2, 0.25) is 5.95 Å². The van der Waals surface area contributed by atoms with Crippen molar-refractivity contribution in [1.29, 1.82) is 5.26 Å². The van der Waals surface area contributed by atoms with Gasteiger partial charge in [-0.25, -0.2) is 14.2 Å². The van der Waals surface area contributed by atoms with Crippen LogP contribution in [0.15, 0.2) is 66.9 Å². The molecule has 3 aromatic carbocycles. The summed E-state index contributed by atoms with van der Waals surface area (Å²) in [5, 5.41) is 28.2. The van der Waals surface area contributed by atoms with Crippen LogP contribution in [0.1, 0.15) is 29.7 Å². The van der Waals surface area contributed by atoms with Crippen LogP contribution in [0, 0.1) is 17.1 Å². The third-order valence-electron chi connectivity index (χ3n) is 10.3. The molecule has 0 radical (unpaired) electrons. The van der Waals surface area contributed by atoms with E-state index in [1.54, 1.807) is 44.6 Å². The number of benzene rings is 3. The van der Waals surface area contributed by atoms with Crippen molar-refractivity contribution in [2.45, 2.75) is 38.0 Å². The van der Waals surface area contributed by atoms with Crippen LogP contribution in [-0.4, -0.2) is 101 Å². The summed E-state index contributed by atoms with van der Waals surface area (Å²) in [6.45, 7) is 4.38. The van der Waals surface area contributed by atoms with Crippen LogP contribution in [-0.2, 0) is 17.8 Å². The molecule has 2 saturated heterocycles. The van der Waals surface area contributed by atoms with Gasteiger partial charge in [-0.15, -0.1) is 5.10 Å². The standard InChI is InChI=1S/C39H41FN10O5/c1-53-31-9-3-25(4-10-31)21-48(27-7-8-27)37-36-42-20-29(19-41)50(36)45-38(44-37)43-33-17-28(49(39(51)52)22-26-5-11-32(54-2)12-6-26)18-34(35(33)40)47-15-13-46(14-16-47)30-23-55-24-30/h3-6,9-12,17-18,20,27,30H,7-8,13-16,21-24H2,1-2H3,(H,43,45)(H,51,52). The number of rotatable bonds is 13. The number of fused-ring (bicyclic) bond motifs is 1. The maximum Gasteiger partial charge on any atom is 0.412 e. The Balaban J connectivity index is 1.18. The molecule has 8 rings (SSSR count). The lowest BCUT2D eigenvalue weighted by Crippen LogP contribution is -2.56. The summed E-state index contributed by atoms with van der Waals surface area (Å²) in [4.78, 5) is 29.9. The topological polar surface area (TPSA) is 157 Å². The fourth-order valence-electron chi connectivity index (χ4n) is 7.02. The summed E-state index contributed by atoms with van der Waals surface area (Å²) >= 11 is 0. The number of nitrogens with zero attached hydrogens (tertiary/aromatic N) is 9. The van der Waals surface area contributed by atoms with E-state index in [0.29, 0.717) is 69.2 Å². The average Bonchev–Trinajstić information content (AvgIpc) is 3.95. The Morgan fingerprint density at radius 2 is 1.65 bits per heavy atom. The minimum atomic E-state index is -1.20.